The van der Waals surface area contributed by atoms with Gasteiger partial charge in [-0.1, -0.05) is 0 Å². The van der Waals surface area contributed by atoms with Crippen LogP contribution in [0.4, 0.5) is 0 Å². The number of nitrogens with one attached hydrogen (secondary N) is 1. The van der Waals surface area contributed by atoms with E-state index in [9.17, 15) is 13.2 Å². The molecular weight excluding hydrogens is 298 g/mol. The fourth-order valence-electron chi connectivity index (χ4n) is 1.44. The minimum atomic E-state index is -3.84. The smallest absolute Gasteiger partial charge is 0.335 e. The quantitative estimate of drug-likeness (QED) is 0.780. The third-order valence-corrected chi connectivity index (χ3v) is 4.38. The Hall–Kier alpha value is -1.64. The molecule has 0 spiro atoms. The fraction of sp³-hybridized carbons (Fsp3) is 0.462. The van der Waals surface area contributed by atoms with Crippen molar-refractivity contribution in [2.75, 3.05) is 20.8 Å². The van der Waals surface area contributed by atoms with E-state index in [2.05, 4.69) is 4.72 Å². The summed E-state index contributed by atoms with van der Waals surface area (Å²) >= 11 is 0. The molecule has 21 heavy (non-hydrogen) atoms. The van der Waals surface area contributed by atoms with Gasteiger partial charge in [0.15, 0.2) is 0 Å². The Balaban J connectivity index is 3.11. The Kier molecular flexibility index (Phi) is 5.32. The molecule has 0 heterocycles. The number of benzene rings is 1. The van der Waals surface area contributed by atoms with Gasteiger partial charge in [-0.2, -0.15) is 0 Å². The number of aromatic carboxylic acids is 1. The predicted octanol–water partition coefficient (Wildman–Crippen LogP) is 1.10. The van der Waals surface area contributed by atoms with Gasteiger partial charge < -0.3 is 14.6 Å². The van der Waals surface area contributed by atoms with Crippen molar-refractivity contribution >= 4 is 16.0 Å². The molecule has 0 atom stereocenters. The molecule has 0 aliphatic heterocycles. The van der Waals surface area contributed by atoms with Crippen molar-refractivity contribution in [2.24, 2.45) is 0 Å². The van der Waals surface area contributed by atoms with Crippen molar-refractivity contribution in [1.29, 1.82) is 0 Å². The maximum atomic E-state index is 12.3. The van der Waals surface area contributed by atoms with Crippen LogP contribution in [0.15, 0.2) is 23.1 Å². The van der Waals surface area contributed by atoms with Crippen molar-refractivity contribution in [1.82, 2.24) is 4.72 Å². The van der Waals surface area contributed by atoms with E-state index in [-0.39, 0.29) is 22.8 Å². The molecule has 0 saturated carbocycles. The van der Waals surface area contributed by atoms with E-state index in [1.54, 1.807) is 13.8 Å². The molecular formula is C13H19NO6S. The third kappa shape index (κ3) is 4.42. The molecule has 2 N–H and O–H groups in total. The van der Waals surface area contributed by atoms with Gasteiger partial charge in [0.25, 0.3) is 0 Å². The second kappa shape index (κ2) is 6.42. The summed E-state index contributed by atoms with van der Waals surface area (Å²) in [5, 5.41) is 8.90. The van der Waals surface area contributed by atoms with E-state index in [1.807, 2.05) is 0 Å². The topological polar surface area (TPSA) is 102 Å². The van der Waals surface area contributed by atoms with Crippen LogP contribution in [-0.4, -0.2) is 45.9 Å². The highest BCUT2D eigenvalue weighted by Gasteiger charge is 2.25. The Labute approximate surface area is 123 Å². The summed E-state index contributed by atoms with van der Waals surface area (Å²) < 4.78 is 37.0. The van der Waals surface area contributed by atoms with Crippen molar-refractivity contribution in [2.45, 2.75) is 24.3 Å². The Morgan fingerprint density at radius 1 is 1.33 bits per heavy atom. The van der Waals surface area contributed by atoms with Crippen LogP contribution >= 0.6 is 0 Å². The van der Waals surface area contributed by atoms with Gasteiger partial charge in [0.05, 0.1) is 18.3 Å². The lowest BCUT2D eigenvalue weighted by Gasteiger charge is -2.23. The van der Waals surface area contributed by atoms with Gasteiger partial charge in [0.1, 0.15) is 10.6 Å². The average Bonchev–Trinajstić information content (AvgIpc) is 2.44. The maximum Gasteiger partial charge on any atom is 0.335 e. The van der Waals surface area contributed by atoms with Crippen LogP contribution in [0.1, 0.15) is 24.2 Å². The van der Waals surface area contributed by atoms with Gasteiger partial charge in [-0.05, 0) is 32.0 Å². The Morgan fingerprint density at radius 3 is 2.43 bits per heavy atom. The molecule has 0 fully saturated rings. The molecule has 0 amide bonds. The number of ether oxygens (including phenoxy) is 2. The molecule has 8 heteroatoms. The highest BCUT2D eigenvalue weighted by Crippen LogP contribution is 2.25. The van der Waals surface area contributed by atoms with E-state index in [1.165, 1.54) is 32.4 Å². The monoisotopic (exact) mass is 317 g/mol. The Morgan fingerprint density at radius 2 is 1.95 bits per heavy atom. The van der Waals surface area contributed by atoms with E-state index >= 15 is 0 Å². The normalized spacial score (nSPS) is 12.2. The Bertz CT molecular complexity index is 624. The first-order valence-corrected chi connectivity index (χ1v) is 7.57. The minimum absolute atomic E-state index is 0.0300. The first-order valence-electron chi connectivity index (χ1n) is 6.09. The minimum Gasteiger partial charge on any atom is -0.495 e. The molecule has 0 unspecified atom stereocenters. The number of carboxylic acid groups (broad SMARTS) is 1. The zero-order valence-corrected chi connectivity index (χ0v) is 13.2. The molecule has 1 aromatic carbocycles. The molecule has 0 saturated heterocycles. The zero-order valence-electron chi connectivity index (χ0n) is 12.3. The number of rotatable bonds is 7. The third-order valence-electron chi connectivity index (χ3n) is 2.94. The summed E-state index contributed by atoms with van der Waals surface area (Å²) in [7, 11) is -1.08. The standard InChI is InChI=1S/C13H19NO6S/c1-13(2,20-4)8-14-21(17,18)11-6-5-9(12(15)16)7-10(11)19-3/h5-7,14H,8H2,1-4H3,(H,15,16). The summed E-state index contributed by atoms with van der Waals surface area (Å²) in [4.78, 5) is 10.8. The van der Waals surface area contributed by atoms with Crippen LogP contribution in [-0.2, 0) is 14.8 Å². The lowest BCUT2D eigenvalue weighted by molar-refractivity contribution is 0.0276. The average molecular weight is 317 g/mol. The van der Waals surface area contributed by atoms with Gasteiger partial charge in [-0.3, -0.25) is 0 Å². The van der Waals surface area contributed by atoms with Crippen LogP contribution in [0.25, 0.3) is 0 Å². The summed E-state index contributed by atoms with van der Waals surface area (Å²) in [6.45, 7) is 3.54. The van der Waals surface area contributed by atoms with Crippen LogP contribution in [0, 0.1) is 0 Å². The molecule has 1 aromatic rings. The lowest BCUT2D eigenvalue weighted by Crippen LogP contribution is -2.39. The molecule has 0 bridgehead atoms. The van der Waals surface area contributed by atoms with Crippen molar-refractivity contribution in [3.63, 3.8) is 0 Å². The summed E-state index contributed by atoms with van der Waals surface area (Å²) in [6.07, 6.45) is 0. The van der Waals surface area contributed by atoms with Gasteiger partial charge in [-0.25, -0.2) is 17.9 Å². The fourth-order valence-corrected chi connectivity index (χ4v) is 2.79. The molecule has 7 nitrogen and oxygen atoms in total. The van der Waals surface area contributed by atoms with E-state index < -0.39 is 21.6 Å². The van der Waals surface area contributed by atoms with Crippen LogP contribution in [0.5, 0.6) is 5.75 Å². The van der Waals surface area contributed by atoms with Crippen molar-refractivity contribution in [3.05, 3.63) is 23.8 Å². The first-order chi connectivity index (χ1) is 9.63. The van der Waals surface area contributed by atoms with E-state index in [0.717, 1.165) is 0 Å². The van der Waals surface area contributed by atoms with Gasteiger partial charge in [0.2, 0.25) is 10.0 Å². The summed E-state index contributed by atoms with van der Waals surface area (Å²) in [6, 6.07) is 3.57. The largest absolute Gasteiger partial charge is 0.495 e. The highest BCUT2D eigenvalue weighted by molar-refractivity contribution is 7.89. The van der Waals surface area contributed by atoms with Crippen LogP contribution in [0.3, 0.4) is 0 Å². The number of hydrogen-bond donors (Lipinski definition) is 2. The van der Waals surface area contributed by atoms with Gasteiger partial charge >= 0.3 is 5.97 Å². The van der Waals surface area contributed by atoms with Crippen LogP contribution < -0.4 is 9.46 Å². The summed E-state index contributed by atoms with van der Waals surface area (Å²) in [5.74, 6) is -1.19. The number of hydrogen-bond acceptors (Lipinski definition) is 5. The zero-order chi connectivity index (χ0) is 16.3. The number of carbonyl (C=O) groups is 1. The number of carboxylic acids is 1. The molecule has 0 aliphatic carbocycles. The van der Waals surface area contributed by atoms with Gasteiger partial charge in [0, 0.05) is 13.7 Å². The molecule has 0 aliphatic rings. The highest BCUT2D eigenvalue weighted by atomic mass is 32.2. The van der Waals surface area contributed by atoms with Crippen LogP contribution in [0.2, 0.25) is 0 Å². The van der Waals surface area contributed by atoms with E-state index in [0.29, 0.717) is 0 Å². The lowest BCUT2D eigenvalue weighted by atomic mass is 10.1. The first kappa shape index (κ1) is 17.4. The molecule has 0 radical (unpaired) electrons. The number of sulfonamides is 1. The van der Waals surface area contributed by atoms with Crippen molar-refractivity contribution in [3.8, 4) is 5.75 Å². The number of methoxy groups -OCH3 is 2. The molecule has 0 aromatic heterocycles. The van der Waals surface area contributed by atoms with Crippen molar-refractivity contribution < 1.29 is 27.8 Å². The maximum absolute atomic E-state index is 12.3. The van der Waals surface area contributed by atoms with E-state index in [4.69, 9.17) is 14.6 Å². The summed E-state index contributed by atoms with van der Waals surface area (Å²) in [5.41, 5.74) is -0.718. The van der Waals surface area contributed by atoms with Gasteiger partial charge in [-0.15, -0.1) is 0 Å². The predicted molar refractivity (Wildman–Crippen MR) is 76.2 cm³/mol. The molecule has 1 rings (SSSR count). The molecule has 118 valence electrons. The SMILES string of the molecule is COc1cc(C(=O)O)ccc1S(=O)(=O)NCC(C)(C)OC. The second-order valence-corrected chi connectivity index (χ2v) is 6.69. The second-order valence-electron chi connectivity index (χ2n) is 4.96.